The Morgan fingerprint density at radius 2 is 1.59 bits per heavy atom. The summed E-state index contributed by atoms with van der Waals surface area (Å²) in [7, 11) is 0. The molecule has 2 aliphatic heterocycles. The van der Waals surface area contributed by atoms with Crippen LogP contribution < -0.4 is 10.2 Å². The smallest absolute Gasteiger partial charge is 0.0366 e. The van der Waals surface area contributed by atoms with Gasteiger partial charge in [-0.05, 0) is 42.9 Å². The Labute approximate surface area is 135 Å². The van der Waals surface area contributed by atoms with Gasteiger partial charge in [0.2, 0.25) is 0 Å². The van der Waals surface area contributed by atoms with Crippen LogP contribution in [0.4, 0.5) is 5.69 Å². The fourth-order valence-corrected chi connectivity index (χ4v) is 3.82. The van der Waals surface area contributed by atoms with Gasteiger partial charge >= 0.3 is 0 Å². The molecule has 0 aliphatic carbocycles. The molecule has 0 unspecified atom stereocenters. The fraction of sp³-hybridized carbons (Fsp3) is 0.684. The Bertz CT molecular complexity index is 442. The van der Waals surface area contributed by atoms with Crippen LogP contribution in [0.25, 0.3) is 0 Å². The number of anilines is 1. The van der Waals surface area contributed by atoms with Crippen LogP contribution in [-0.2, 0) is 0 Å². The van der Waals surface area contributed by atoms with Gasteiger partial charge in [-0.3, -0.25) is 4.90 Å². The third kappa shape index (κ3) is 3.82. The lowest BCUT2D eigenvalue weighted by Gasteiger charge is -2.36. The summed E-state index contributed by atoms with van der Waals surface area (Å²) in [6.07, 6.45) is 3.94. The van der Waals surface area contributed by atoms with E-state index in [1.54, 1.807) is 0 Å². The van der Waals surface area contributed by atoms with Crippen LogP contribution in [0, 0.1) is 5.92 Å². The molecule has 0 amide bonds. The summed E-state index contributed by atoms with van der Waals surface area (Å²) < 4.78 is 0. The van der Waals surface area contributed by atoms with Crippen LogP contribution in [0.3, 0.4) is 0 Å². The average Bonchev–Trinajstić information content (AvgIpc) is 3.08. The number of piperazine rings is 1. The van der Waals surface area contributed by atoms with Crippen molar-refractivity contribution < 1.29 is 0 Å². The zero-order chi connectivity index (χ0) is 15.4. The third-order valence-electron chi connectivity index (χ3n) is 5.04. The lowest BCUT2D eigenvalue weighted by molar-refractivity contribution is 0.154. The molecule has 0 radical (unpaired) electrons. The van der Waals surface area contributed by atoms with Crippen molar-refractivity contribution in [3.05, 3.63) is 29.8 Å². The number of nitrogens with zero attached hydrogens (tertiary/aromatic N) is 2. The molecule has 0 saturated carbocycles. The SMILES string of the molecule is CC(C)C[C@H](c1ccc(N2CCCC2)cc1)N1CCNCC1. The zero-order valence-corrected chi connectivity index (χ0v) is 14.2. The predicted octanol–water partition coefficient (Wildman–Crippen LogP) is 3.28. The van der Waals surface area contributed by atoms with Gasteiger partial charge in [-0.15, -0.1) is 0 Å². The summed E-state index contributed by atoms with van der Waals surface area (Å²) in [5.41, 5.74) is 2.91. The molecule has 0 aromatic heterocycles. The lowest BCUT2D eigenvalue weighted by Crippen LogP contribution is -2.45. The standard InChI is InChI=1S/C19H31N3/c1-16(2)15-19(22-13-9-20-10-14-22)17-5-7-18(8-6-17)21-11-3-4-12-21/h5-8,16,19-20H,3-4,9-15H2,1-2H3/t19-/m1/s1. The van der Waals surface area contributed by atoms with E-state index in [1.165, 1.54) is 56.7 Å². The fourth-order valence-electron chi connectivity index (χ4n) is 3.82. The van der Waals surface area contributed by atoms with E-state index >= 15 is 0 Å². The molecule has 1 aromatic carbocycles. The van der Waals surface area contributed by atoms with Crippen LogP contribution >= 0.6 is 0 Å². The topological polar surface area (TPSA) is 18.5 Å². The van der Waals surface area contributed by atoms with Crippen molar-refractivity contribution in [3.63, 3.8) is 0 Å². The van der Waals surface area contributed by atoms with Gasteiger partial charge in [0.25, 0.3) is 0 Å². The molecule has 3 rings (SSSR count). The minimum Gasteiger partial charge on any atom is -0.372 e. The van der Waals surface area contributed by atoms with Gasteiger partial charge in [0.15, 0.2) is 0 Å². The Balaban J connectivity index is 1.74. The number of hydrogen-bond donors (Lipinski definition) is 1. The summed E-state index contributed by atoms with van der Waals surface area (Å²) in [5.74, 6) is 0.734. The number of benzene rings is 1. The second-order valence-electron chi connectivity index (χ2n) is 7.22. The van der Waals surface area contributed by atoms with Crippen molar-refractivity contribution in [3.8, 4) is 0 Å². The molecule has 2 aliphatic rings. The highest BCUT2D eigenvalue weighted by Gasteiger charge is 2.23. The molecule has 2 fully saturated rings. The highest BCUT2D eigenvalue weighted by atomic mass is 15.2. The normalized spacial score (nSPS) is 21.5. The predicted molar refractivity (Wildman–Crippen MR) is 94.5 cm³/mol. The van der Waals surface area contributed by atoms with Gasteiger partial charge < -0.3 is 10.2 Å². The second kappa shape index (κ2) is 7.47. The van der Waals surface area contributed by atoms with E-state index < -0.39 is 0 Å². The molecule has 1 N–H and O–H groups in total. The quantitative estimate of drug-likeness (QED) is 0.900. The first-order chi connectivity index (χ1) is 10.7. The van der Waals surface area contributed by atoms with E-state index in [-0.39, 0.29) is 0 Å². The number of hydrogen-bond acceptors (Lipinski definition) is 3. The summed E-state index contributed by atoms with van der Waals surface area (Å²) >= 11 is 0. The Kier molecular flexibility index (Phi) is 5.37. The van der Waals surface area contributed by atoms with E-state index in [2.05, 4.69) is 53.2 Å². The highest BCUT2D eigenvalue weighted by Crippen LogP contribution is 2.30. The van der Waals surface area contributed by atoms with Crippen LogP contribution in [0.15, 0.2) is 24.3 Å². The first-order valence-corrected chi connectivity index (χ1v) is 9.04. The van der Waals surface area contributed by atoms with E-state index in [4.69, 9.17) is 0 Å². The molecule has 122 valence electrons. The third-order valence-corrected chi connectivity index (χ3v) is 5.04. The molecule has 0 spiro atoms. The monoisotopic (exact) mass is 301 g/mol. The molecule has 3 heteroatoms. The first-order valence-electron chi connectivity index (χ1n) is 9.04. The zero-order valence-electron chi connectivity index (χ0n) is 14.2. The van der Waals surface area contributed by atoms with Crippen molar-refractivity contribution in [2.75, 3.05) is 44.2 Å². The maximum absolute atomic E-state index is 3.47. The minimum atomic E-state index is 0.578. The maximum atomic E-state index is 3.47. The molecular weight excluding hydrogens is 270 g/mol. The highest BCUT2D eigenvalue weighted by molar-refractivity contribution is 5.48. The molecule has 2 heterocycles. The van der Waals surface area contributed by atoms with Gasteiger partial charge in [0.1, 0.15) is 0 Å². The number of rotatable bonds is 5. The van der Waals surface area contributed by atoms with E-state index in [1.807, 2.05) is 0 Å². The Hall–Kier alpha value is -1.06. The molecule has 2 saturated heterocycles. The Morgan fingerprint density at radius 1 is 0.955 bits per heavy atom. The van der Waals surface area contributed by atoms with E-state index in [9.17, 15) is 0 Å². The van der Waals surface area contributed by atoms with E-state index in [0.29, 0.717) is 6.04 Å². The lowest BCUT2D eigenvalue weighted by atomic mass is 9.95. The van der Waals surface area contributed by atoms with Crippen molar-refractivity contribution in [2.45, 2.75) is 39.2 Å². The van der Waals surface area contributed by atoms with Crippen molar-refractivity contribution in [2.24, 2.45) is 5.92 Å². The summed E-state index contributed by atoms with van der Waals surface area (Å²) in [5, 5.41) is 3.47. The van der Waals surface area contributed by atoms with Gasteiger partial charge in [-0.25, -0.2) is 0 Å². The average molecular weight is 301 g/mol. The van der Waals surface area contributed by atoms with Crippen LogP contribution in [0.2, 0.25) is 0 Å². The molecule has 1 aromatic rings. The summed E-state index contributed by atoms with van der Waals surface area (Å²) in [4.78, 5) is 5.19. The molecule has 22 heavy (non-hydrogen) atoms. The molecule has 3 nitrogen and oxygen atoms in total. The van der Waals surface area contributed by atoms with Crippen LogP contribution in [-0.4, -0.2) is 44.2 Å². The van der Waals surface area contributed by atoms with Crippen molar-refractivity contribution in [1.82, 2.24) is 10.2 Å². The second-order valence-corrected chi connectivity index (χ2v) is 7.22. The van der Waals surface area contributed by atoms with E-state index in [0.717, 1.165) is 19.0 Å². The van der Waals surface area contributed by atoms with Gasteiger partial charge in [0, 0.05) is 51.0 Å². The van der Waals surface area contributed by atoms with Gasteiger partial charge in [-0.1, -0.05) is 26.0 Å². The molecule has 1 atom stereocenters. The molecule has 0 bridgehead atoms. The van der Waals surface area contributed by atoms with Crippen molar-refractivity contribution >= 4 is 5.69 Å². The van der Waals surface area contributed by atoms with Crippen LogP contribution in [0.1, 0.15) is 44.7 Å². The van der Waals surface area contributed by atoms with Gasteiger partial charge in [0.05, 0.1) is 0 Å². The van der Waals surface area contributed by atoms with Gasteiger partial charge in [-0.2, -0.15) is 0 Å². The number of nitrogens with one attached hydrogen (secondary N) is 1. The first kappa shape index (κ1) is 15.8. The summed E-state index contributed by atoms with van der Waals surface area (Å²) in [6.45, 7) is 11.7. The van der Waals surface area contributed by atoms with Crippen LogP contribution in [0.5, 0.6) is 0 Å². The minimum absolute atomic E-state index is 0.578. The Morgan fingerprint density at radius 3 is 2.18 bits per heavy atom. The van der Waals surface area contributed by atoms with Crippen molar-refractivity contribution in [1.29, 1.82) is 0 Å². The maximum Gasteiger partial charge on any atom is 0.0366 e. The largest absolute Gasteiger partial charge is 0.372 e. The molecular formula is C19H31N3. The summed E-state index contributed by atoms with van der Waals surface area (Å²) in [6, 6.07) is 10.0.